The molecule has 3 aliphatic heterocycles. The molecule has 3 saturated heterocycles. The van der Waals surface area contributed by atoms with Crippen LogP contribution in [0, 0.1) is 17.8 Å². The lowest BCUT2D eigenvalue weighted by Crippen LogP contribution is -2.61. The Hall–Kier alpha value is -3.52. The predicted octanol–water partition coefficient (Wildman–Crippen LogP) is 3.74. The molecule has 2 aromatic rings. The number of hydrazine groups is 1. The van der Waals surface area contributed by atoms with Crippen molar-refractivity contribution in [3.63, 3.8) is 0 Å². The van der Waals surface area contributed by atoms with Crippen LogP contribution in [0.4, 0.5) is 4.39 Å². The van der Waals surface area contributed by atoms with Gasteiger partial charge in [0.05, 0.1) is 47.6 Å². The number of aliphatic hydroxyl groups excluding tert-OH is 3. The zero-order valence-corrected chi connectivity index (χ0v) is 47.3. The number of aromatic nitrogens is 2. The lowest BCUT2D eigenvalue weighted by molar-refractivity contribution is -0.318. The van der Waals surface area contributed by atoms with Crippen LogP contribution in [-0.4, -0.2) is 196 Å². The molecule has 20 nitrogen and oxygen atoms in total. The number of carbonyl (C=O) groups is 1. The molecule has 0 bridgehead atoms. The van der Waals surface area contributed by atoms with Crippen LogP contribution in [0.1, 0.15) is 113 Å². The molecule has 0 radical (unpaired) electrons. The van der Waals surface area contributed by atoms with E-state index in [0.29, 0.717) is 31.6 Å². The molecule has 0 aliphatic carbocycles. The van der Waals surface area contributed by atoms with Crippen molar-refractivity contribution in [1.29, 1.82) is 0 Å². The van der Waals surface area contributed by atoms with E-state index in [1.165, 1.54) is 27.5 Å². The van der Waals surface area contributed by atoms with Crippen LogP contribution in [0.2, 0.25) is 0 Å². The van der Waals surface area contributed by atoms with E-state index in [4.69, 9.17) is 39.0 Å². The molecule has 4 heterocycles. The highest BCUT2D eigenvalue weighted by Crippen LogP contribution is 2.40. The fourth-order valence-corrected chi connectivity index (χ4v) is 11.6. The number of esters is 1. The van der Waals surface area contributed by atoms with Crippen LogP contribution in [0.3, 0.4) is 0 Å². The summed E-state index contributed by atoms with van der Waals surface area (Å²) in [5.74, 6) is 3.12. The third kappa shape index (κ3) is 15.2. The van der Waals surface area contributed by atoms with E-state index in [9.17, 15) is 34.7 Å². The zero-order chi connectivity index (χ0) is 56.4. The SMILES string of the molecule is CC[C@H]1OC(=O)[C@H](C)[C@@H](O[C@H]2C[C@@](C)(OC)[C@@H](O)[C@H](C)O2)[C@H](C)[C@@H](O[C@@H]2O[C@H](C)C[C@H](N(C)CC/C(=C/N[C@H](CF)[C@H](OC)c3ccc(-c4cncnc4)cc3)NN)[C@H]2O)[C@](C)(O)C[C@@H](C)CN(C)[C@H](C)[C@@H](O)[C@]1(C)O. The minimum Gasteiger partial charge on any atom is -0.459 e. The average Bonchev–Trinajstić information content (AvgIpc) is 3.39. The van der Waals surface area contributed by atoms with Crippen LogP contribution in [0.5, 0.6) is 0 Å². The molecule has 20 atom stereocenters. The number of aliphatic hydroxyl groups is 5. The van der Waals surface area contributed by atoms with Crippen LogP contribution in [-0.2, 0) is 38.0 Å². The summed E-state index contributed by atoms with van der Waals surface area (Å²) in [4.78, 5) is 26.6. The van der Waals surface area contributed by atoms with Crippen molar-refractivity contribution >= 4 is 5.97 Å². The topological polar surface area (TPSA) is 265 Å². The quantitative estimate of drug-likeness (QED) is 0.0601. The van der Waals surface area contributed by atoms with E-state index in [0.717, 1.165) is 16.7 Å². The largest absolute Gasteiger partial charge is 0.459 e. The van der Waals surface area contributed by atoms with E-state index in [2.05, 4.69) is 20.7 Å². The molecule has 0 spiro atoms. The lowest BCUT2D eigenvalue weighted by atomic mass is 9.77. The standard InChI is InChI=1S/C55H92FN7O13/c1-15-43-55(10,69)48(65)35(6)63(12)29-31(2)23-53(8,68)50(33(4)46(34(5)51(67)74-43)75-44-24-54(9,71-14)49(66)36(7)73-44)76-52-45(64)42(22-32(3)72-52)62(11)21-20-40(61-57)28-60-41(25-56)47(70-13)38-18-16-37(17-19-38)39-26-58-30-59-27-39/h16-19,26-28,30-36,41-50,52,60-61,64-66,68-69H,15,20-25,29,57H2,1-14H3/b40-28-/t31-,32-,33+,34-,35-,36+,41-,42+,43-,44+,45-,46+,47-,48-,49+,50-,52+,53-,54-,55-/m1/s1. The number of cyclic esters (lactones) is 1. The summed E-state index contributed by atoms with van der Waals surface area (Å²) < 4.78 is 58.8. The van der Waals surface area contributed by atoms with Gasteiger partial charge in [0.15, 0.2) is 12.6 Å². The first-order valence-electron chi connectivity index (χ1n) is 26.9. The summed E-state index contributed by atoms with van der Waals surface area (Å²) >= 11 is 0. The summed E-state index contributed by atoms with van der Waals surface area (Å²) in [5.41, 5.74) is 1.20. The van der Waals surface area contributed by atoms with Gasteiger partial charge in [-0.05, 0) is 98.9 Å². The molecule has 432 valence electrons. The van der Waals surface area contributed by atoms with Crippen molar-refractivity contribution in [3.05, 3.63) is 60.4 Å². The van der Waals surface area contributed by atoms with Gasteiger partial charge in [-0.3, -0.25) is 10.6 Å². The van der Waals surface area contributed by atoms with Gasteiger partial charge in [0.25, 0.3) is 0 Å². The molecule has 5 rings (SSSR count). The zero-order valence-electron chi connectivity index (χ0n) is 47.3. The Morgan fingerprint density at radius 2 is 1.64 bits per heavy atom. The fraction of sp³-hybridized carbons (Fsp3) is 0.764. The minimum atomic E-state index is -1.86. The second kappa shape index (κ2) is 27.6. The van der Waals surface area contributed by atoms with E-state index in [-0.39, 0.29) is 25.2 Å². The minimum absolute atomic E-state index is 0.0785. The third-order valence-corrected chi connectivity index (χ3v) is 16.4. The maximum Gasteiger partial charge on any atom is 0.311 e. The van der Waals surface area contributed by atoms with Gasteiger partial charge in [-0.25, -0.2) is 14.4 Å². The van der Waals surface area contributed by atoms with Crippen LogP contribution in [0.25, 0.3) is 11.1 Å². The highest BCUT2D eigenvalue weighted by atomic mass is 19.1. The Bertz CT molecular complexity index is 2120. The van der Waals surface area contributed by atoms with Gasteiger partial charge in [0.1, 0.15) is 49.1 Å². The van der Waals surface area contributed by atoms with Gasteiger partial charge in [-0.1, -0.05) is 45.0 Å². The van der Waals surface area contributed by atoms with E-state index in [1.807, 2.05) is 62.0 Å². The van der Waals surface area contributed by atoms with Gasteiger partial charge in [-0.15, -0.1) is 0 Å². The molecule has 9 N–H and O–H groups in total. The first-order valence-corrected chi connectivity index (χ1v) is 26.9. The number of nitrogens with two attached hydrogens (primary N) is 1. The number of alkyl halides is 1. The van der Waals surface area contributed by atoms with E-state index in [1.54, 1.807) is 67.1 Å². The molecule has 3 fully saturated rings. The van der Waals surface area contributed by atoms with Crippen molar-refractivity contribution in [3.8, 4) is 11.1 Å². The number of methoxy groups -OCH3 is 2. The Labute approximate surface area is 450 Å². The van der Waals surface area contributed by atoms with E-state index >= 15 is 0 Å². The third-order valence-electron chi connectivity index (χ3n) is 16.4. The summed E-state index contributed by atoms with van der Waals surface area (Å²) in [5, 5.41) is 63.0. The number of ether oxygens (including phenoxy) is 7. The number of halogens is 1. The van der Waals surface area contributed by atoms with Crippen molar-refractivity contribution in [2.75, 3.05) is 48.1 Å². The van der Waals surface area contributed by atoms with Gasteiger partial charge < -0.3 is 79.2 Å². The highest BCUT2D eigenvalue weighted by Gasteiger charge is 2.53. The smallest absolute Gasteiger partial charge is 0.311 e. The first kappa shape index (κ1) is 63.3. The maximum atomic E-state index is 14.7. The monoisotopic (exact) mass is 1080 g/mol. The molecular weight excluding hydrogens is 986 g/mol. The van der Waals surface area contributed by atoms with Gasteiger partial charge in [0, 0.05) is 88.0 Å². The number of carbonyl (C=O) groups excluding carboxylic acids is 1. The van der Waals surface area contributed by atoms with Crippen LogP contribution >= 0.6 is 0 Å². The number of benzene rings is 1. The molecule has 76 heavy (non-hydrogen) atoms. The number of nitrogens with one attached hydrogen (secondary N) is 2. The molecule has 21 heteroatoms. The summed E-state index contributed by atoms with van der Waals surface area (Å²) in [6.07, 6.45) is -3.33. The molecule has 0 saturated carbocycles. The number of nitrogens with zero attached hydrogens (tertiary/aromatic N) is 4. The number of rotatable bonds is 18. The molecule has 1 aromatic carbocycles. The second-order valence-corrected chi connectivity index (χ2v) is 22.6. The Morgan fingerprint density at radius 1 is 0.987 bits per heavy atom. The van der Waals surface area contributed by atoms with Crippen LogP contribution < -0.4 is 16.6 Å². The van der Waals surface area contributed by atoms with Crippen molar-refractivity contribution in [2.45, 2.75) is 204 Å². The van der Waals surface area contributed by atoms with Gasteiger partial charge >= 0.3 is 5.97 Å². The second-order valence-electron chi connectivity index (χ2n) is 22.6. The van der Waals surface area contributed by atoms with Gasteiger partial charge in [0.2, 0.25) is 0 Å². The predicted molar refractivity (Wildman–Crippen MR) is 283 cm³/mol. The molecule has 1 aromatic heterocycles. The Morgan fingerprint density at radius 3 is 2.24 bits per heavy atom. The highest BCUT2D eigenvalue weighted by molar-refractivity contribution is 5.73. The Balaban J connectivity index is 1.41. The number of hydrogen-bond acceptors (Lipinski definition) is 20. The Kier molecular flexibility index (Phi) is 23.0. The van der Waals surface area contributed by atoms with E-state index < -0.39 is 127 Å². The maximum absolute atomic E-state index is 14.7. The molecule has 3 aliphatic rings. The number of hydrogen-bond donors (Lipinski definition) is 8. The normalized spacial score (nSPS) is 38.6. The first-order chi connectivity index (χ1) is 35.8. The van der Waals surface area contributed by atoms with Gasteiger partial charge in [-0.2, -0.15) is 0 Å². The molecule has 0 amide bonds. The molecular formula is C55H92FN7O13. The van der Waals surface area contributed by atoms with Crippen molar-refractivity contribution in [1.82, 2.24) is 30.5 Å². The summed E-state index contributed by atoms with van der Waals surface area (Å²) in [6.45, 7) is 17.4. The summed E-state index contributed by atoms with van der Waals surface area (Å²) in [6, 6.07) is 5.71. The van der Waals surface area contributed by atoms with Crippen LogP contribution in [0.15, 0.2) is 54.9 Å². The average molecular weight is 1080 g/mol. The molecule has 0 unspecified atom stereocenters. The number of likely N-dealkylation sites (N-methyl/N-ethyl adjacent to an activating group) is 2. The fourth-order valence-electron chi connectivity index (χ4n) is 11.6. The lowest BCUT2D eigenvalue weighted by Gasteiger charge is -2.49. The summed E-state index contributed by atoms with van der Waals surface area (Å²) in [7, 11) is 6.71. The van der Waals surface area contributed by atoms with Crippen molar-refractivity contribution < 1.29 is 67.9 Å². The van der Waals surface area contributed by atoms with Crippen molar-refractivity contribution in [2.24, 2.45) is 23.6 Å².